The van der Waals surface area contributed by atoms with Crippen LogP contribution in [0.25, 0.3) is 11.0 Å². The van der Waals surface area contributed by atoms with Crippen LogP contribution in [0.1, 0.15) is 0 Å². The predicted octanol–water partition coefficient (Wildman–Crippen LogP) is 2.41. The van der Waals surface area contributed by atoms with Crippen molar-refractivity contribution in [3.63, 3.8) is 0 Å². The molecular formula is C17H13N3O3. The fourth-order valence-electron chi connectivity index (χ4n) is 2.41. The number of nitrogens with zero attached hydrogens (tertiary/aromatic N) is 2. The SMILES string of the molecule is O=C(Nc1ccc2nccnc2c1)[C@H]1COc2ccccc2O1. The van der Waals surface area contributed by atoms with Gasteiger partial charge in [-0.05, 0) is 30.3 Å². The second-order valence-corrected chi connectivity index (χ2v) is 5.11. The average molecular weight is 307 g/mol. The summed E-state index contributed by atoms with van der Waals surface area (Å²) < 4.78 is 11.2. The Hall–Kier alpha value is -3.15. The summed E-state index contributed by atoms with van der Waals surface area (Å²) in [6.07, 6.45) is 2.55. The molecule has 1 amide bonds. The quantitative estimate of drug-likeness (QED) is 0.787. The molecule has 3 aromatic rings. The zero-order valence-corrected chi connectivity index (χ0v) is 12.1. The number of hydrogen-bond acceptors (Lipinski definition) is 5. The summed E-state index contributed by atoms with van der Waals surface area (Å²) in [7, 11) is 0. The van der Waals surface area contributed by atoms with Gasteiger partial charge in [0.1, 0.15) is 6.61 Å². The maximum absolute atomic E-state index is 12.4. The highest BCUT2D eigenvalue weighted by Gasteiger charge is 2.27. The first-order chi connectivity index (χ1) is 11.3. The third kappa shape index (κ3) is 2.66. The first-order valence-electron chi connectivity index (χ1n) is 7.20. The van der Waals surface area contributed by atoms with E-state index in [1.54, 1.807) is 30.6 Å². The lowest BCUT2D eigenvalue weighted by molar-refractivity contribution is -0.125. The maximum Gasteiger partial charge on any atom is 0.269 e. The Balaban J connectivity index is 1.51. The van der Waals surface area contributed by atoms with Crippen LogP contribution in [0.5, 0.6) is 11.5 Å². The van der Waals surface area contributed by atoms with Gasteiger partial charge in [-0.15, -0.1) is 0 Å². The number of benzene rings is 2. The van der Waals surface area contributed by atoms with Crippen molar-refractivity contribution in [2.75, 3.05) is 11.9 Å². The van der Waals surface area contributed by atoms with Crippen molar-refractivity contribution in [2.45, 2.75) is 6.10 Å². The summed E-state index contributed by atoms with van der Waals surface area (Å²) in [5.41, 5.74) is 2.14. The summed E-state index contributed by atoms with van der Waals surface area (Å²) >= 11 is 0. The molecule has 1 aliphatic heterocycles. The molecule has 1 aromatic heterocycles. The summed E-state index contributed by atoms with van der Waals surface area (Å²) in [5, 5.41) is 2.82. The Morgan fingerprint density at radius 2 is 1.83 bits per heavy atom. The van der Waals surface area contributed by atoms with Crippen LogP contribution in [0, 0.1) is 0 Å². The molecule has 0 saturated carbocycles. The number of rotatable bonds is 2. The van der Waals surface area contributed by atoms with E-state index in [0.717, 1.165) is 11.0 Å². The van der Waals surface area contributed by atoms with E-state index in [0.29, 0.717) is 17.2 Å². The van der Waals surface area contributed by atoms with E-state index in [1.807, 2.05) is 24.3 Å². The topological polar surface area (TPSA) is 73.3 Å². The van der Waals surface area contributed by atoms with Crippen LogP contribution < -0.4 is 14.8 Å². The Morgan fingerprint density at radius 3 is 2.70 bits per heavy atom. The molecule has 1 atom stereocenters. The molecule has 1 N–H and O–H groups in total. The molecule has 0 fully saturated rings. The number of carbonyl (C=O) groups is 1. The van der Waals surface area contributed by atoms with E-state index >= 15 is 0 Å². The molecule has 2 heterocycles. The van der Waals surface area contributed by atoms with E-state index in [2.05, 4.69) is 15.3 Å². The average Bonchev–Trinajstić information content (AvgIpc) is 2.61. The Labute approximate surface area is 132 Å². The molecule has 23 heavy (non-hydrogen) atoms. The van der Waals surface area contributed by atoms with Gasteiger partial charge in [-0.3, -0.25) is 14.8 Å². The number of anilines is 1. The van der Waals surface area contributed by atoms with Crippen molar-refractivity contribution < 1.29 is 14.3 Å². The minimum absolute atomic E-state index is 0.177. The number of amides is 1. The van der Waals surface area contributed by atoms with Crippen molar-refractivity contribution in [3.8, 4) is 11.5 Å². The predicted molar refractivity (Wildman–Crippen MR) is 84.5 cm³/mol. The lowest BCUT2D eigenvalue weighted by Gasteiger charge is -2.25. The minimum Gasteiger partial charge on any atom is -0.485 e. The van der Waals surface area contributed by atoms with Crippen LogP contribution in [-0.2, 0) is 4.79 Å². The highest BCUT2D eigenvalue weighted by molar-refractivity contribution is 5.96. The van der Waals surface area contributed by atoms with Crippen LogP contribution in [0.2, 0.25) is 0 Å². The number of carbonyl (C=O) groups excluding carboxylic acids is 1. The second-order valence-electron chi connectivity index (χ2n) is 5.11. The third-order valence-electron chi connectivity index (χ3n) is 3.54. The second kappa shape index (κ2) is 5.57. The van der Waals surface area contributed by atoms with Crippen molar-refractivity contribution in [2.24, 2.45) is 0 Å². The minimum atomic E-state index is -0.692. The van der Waals surface area contributed by atoms with Gasteiger partial charge >= 0.3 is 0 Å². The standard InChI is InChI=1S/C17H13N3O3/c21-17(16-10-22-14-3-1-2-4-15(14)23-16)20-11-5-6-12-13(9-11)19-8-7-18-12/h1-9,16H,10H2,(H,20,21)/t16-/m1/s1. The van der Waals surface area contributed by atoms with Crippen molar-refractivity contribution in [1.29, 1.82) is 0 Å². The van der Waals surface area contributed by atoms with E-state index in [9.17, 15) is 4.79 Å². The fourth-order valence-corrected chi connectivity index (χ4v) is 2.41. The van der Waals surface area contributed by atoms with Crippen LogP contribution in [-0.4, -0.2) is 28.6 Å². The summed E-state index contributed by atoms with van der Waals surface area (Å²) in [5.74, 6) is 0.962. The van der Waals surface area contributed by atoms with Gasteiger partial charge in [-0.2, -0.15) is 0 Å². The molecule has 0 saturated heterocycles. The summed E-state index contributed by atoms with van der Waals surface area (Å²) in [4.78, 5) is 20.8. The third-order valence-corrected chi connectivity index (χ3v) is 3.54. The molecule has 0 spiro atoms. The molecule has 0 radical (unpaired) electrons. The Bertz CT molecular complexity index is 882. The Morgan fingerprint density at radius 1 is 1.04 bits per heavy atom. The molecular weight excluding hydrogens is 294 g/mol. The van der Waals surface area contributed by atoms with Crippen LogP contribution in [0.4, 0.5) is 5.69 Å². The maximum atomic E-state index is 12.4. The van der Waals surface area contributed by atoms with Gasteiger partial charge in [-0.1, -0.05) is 12.1 Å². The van der Waals surface area contributed by atoms with Crippen LogP contribution in [0.15, 0.2) is 54.9 Å². The zero-order valence-electron chi connectivity index (χ0n) is 12.1. The lowest BCUT2D eigenvalue weighted by Crippen LogP contribution is -2.40. The number of ether oxygens (including phenoxy) is 2. The smallest absolute Gasteiger partial charge is 0.269 e. The normalized spacial score (nSPS) is 16.1. The number of nitrogens with one attached hydrogen (secondary N) is 1. The fraction of sp³-hybridized carbons (Fsp3) is 0.118. The summed E-state index contributed by atoms with van der Waals surface area (Å²) in [6.45, 7) is 0.177. The van der Waals surface area contributed by atoms with Gasteiger partial charge in [0.25, 0.3) is 5.91 Å². The monoisotopic (exact) mass is 307 g/mol. The number of para-hydroxylation sites is 2. The summed E-state index contributed by atoms with van der Waals surface area (Å²) in [6, 6.07) is 12.7. The highest BCUT2D eigenvalue weighted by Crippen LogP contribution is 2.31. The van der Waals surface area contributed by atoms with Crippen LogP contribution in [0.3, 0.4) is 0 Å². The molecule has 114 valence electrons. The van der Waals surface area contributed by atoms with E-state index < -0.39 is 6.10 Å². The lowest BCUT2D eigenvalue weighted by atomic mass is 10.2. The van der Waals surface area contributed by atoms with E-state index in [1.165, 1.54) is 0 Å². The molecule has 0 aliphatic carbocycles. The molecule has 0 bridgehead atoms. The molecule has 6 nitrogen and oxygen atoms in total. The molecule has 4 rings (SSSR count). The van der Waals surface area contributed by atoms with Gasteiger partial charge < -0.3 is 14.8 Å². The van der Waals surface area contributed by atoms with Gasteiger partial charge in [0, 0.05) is 18.1 Å². The van der Waals surface area contributed by atoms with Crippen molar-refractivity contribution >= 4 is 22.6 Å². The zero-order chi connectivity index (χ0) is 15.6. The van der Waals surface area contributed by atoms with Gasteiger partial charge in [-0.25, -0.2) is 0 Å². The van der Waals surface area contributed by atoms with Crippen LogP contribution >= 0.6 is 0 Å². The number of fused-ring (bicyclic) bond motifs is 2. The van der Waals surface area contributed by atoms with E-state index in [-0.39, 0.29) is 12.5 Å². The first kappa shape index (κ1) is 13.5. The first-order valence-corrected chi connectivity index (χ1v) is 7.20. The molecule has 6 heteroatoms. The molecule has 2 aromatic carbocycles. The largest absolute Gasteiger partial charge is 0.485 e. The molecule has 0 unspecified atom stereocenters. The van der Waals surface area contributed by atoms with Crippen molar-refractivity contribution in [1.82, 2.24) is 9.97 Å². The molecule has 1 aliphatic rings. The number of aromatic nitrogens is 2. The number of hydrogen-bond donors (Lipinski definition) is 1. The Kier molecular flexibility index (Phi) is 3.27. The van der Waals surface area contributed by atoms with Crippen molar-refractivity contribution in [3.05, 3.63) is 54.9 Å². The van der Waals surface area contributed by atoms with Gasteiger partial charge in [0.15, 0.2) is 11.5 Å². The highest BCUT2D eigenvalue weighted by atomic mass is 16.6. The van der Waals surface area contributed by atoms with Gasteiger partial charge in [0.05, 0.1) is 11.0 Å². The van der Waals surface area contributed by atoms with Gasteiger partial charge in [0.2, 0.25) is 6.10 Å². The van der Waals surface area contributed by atoms with E-state index in [4.69, 9.17) is 9.47 Å².